The predicted molar refractivity (Wildman–Crippen MR) is 108 cm³/mol. The summed E-state index contributed by atoms with van der Waals surface area (Å²) in [6.07, 6.45) is 5.19. The zero-order valence-electron chi connectivity index (χ0n) is 16.5. The van der Waals surface area contributed by atoms with Gasteiger partial charge in [0.2, 0.25) is 5.91 Å². The Hall–Kier alpha value is -2.08. The number of hydrogen-bond donors (Lipinski definition) is 0. The van der Waals surface area contributed by atoms with Crippen LogP contribution in [0.25, 0.3) is 0 Å². The maximum Gasteiger partial charge on any atom is 0.223 e. The Morgan fingerprint density at radius 2 is 2.04 bits per heavy atom. The maximum absolute atomic E-state index is 13.0. The molecule has 0 radical (unpaired) electrons. The molecule has 1 aliphatic heterocycles. The summed E-state index contributed by atoms with van der Waals surface area (Å²) in [5.41, 5.74) is 4.20. The molecule has 0 spiro atoms. The number of amides is 1. The van der Waals surface area contributed by atoms with Crippen molar-refractivity contribution >= 4 is 17.7 Å². The van der Waals surface area contributed by atoms with Gasteiger partial charge in [-0.25, -0.2) is 9.97 Å². The second kappa shape index (κ2) is 8.74. The molecule has 144 valence electrons. The number of aryl methyl sites for hydroxylation is 2. The van der Waals surface area contributed by atoms with Crippen molar-refractivity contribution in [3.05, 3.63) is 46.8 Å². The second-order valence-electron chi connectivity index (χ2n) is 6.88. The lowest BCUT2D eigenvalue weighted by Crippen LogP contribution is -2.30. The Labute approximate surface area is 165 Å². The smallest absolute Gasteiger partial charge is 0.223 e. The fraction of sp³-hybridized carbons (Fsp3) is 0.476. The summed E-state index contributed by atoms with van der Waals surface area (Å²) in [7, 11) is 1.67. The molecule has 1 unspecified atom stereocenters. The monoisotopic (exact) mass is 385 g/mol. The third kappa shape index (κ3) is 4.43. The van der Waals surface area contributed by atoms with E-state index < -0.39 is 0 Å². The lowest BCUT2D eigenvalue weighted by molar-refractivity contribution is -0.132. The Morgan fingerprint density at radius 1 is 1.30 bits per heavy atom. The van der Waals surface area contributed by atoms with Gasteiger partial charge in [-0.3, -0.25) is 4.79 Å². The number of carbonyl (C=O) groups is 1. The highest BCUT2D eigenvalue weighted by Crippen LogP contribution is 2.34. The predicted octanol–water partition coefficient (Wildman–Crippen LogP) is 4.12. The fourth-order valence-electron chi connectivity index (χ4n) is 3.80. The van der Waals surface area contributed by atoms with E-state index in [9.17, 15) is 4.79 Å². The number of methoxy groups -OCH3 is 1. The molecule has 0 bridgehead atoms. The van der Waals surface area contributed by atoms with Gasteiger partial charge in [0.25, 0.3) is 0 Å². The van der Waals surface area contributed by atoms with Crippen LogP contribution in [-0.2, 0) is 11.2 Å². The molecule has 0 aliphatic carbocycles. The van der Waals surface area contributed by atoms with Crippen LogP contribution in [0.4, 0.5) is 0 Å². The van der Waals surface area contributed by atoms with Crippen molar-refractivity contribution in [1.29, 1.82) is 0 Å². The minimum atomic E-state index is 0.143. The van der Waals surface area contributed by atoms with Crippen LogP contribution in [0.2, 0.25) is 0 Å². The SMILES string of the molecule is COc1cccc(C2CCCN2C(=O)CCc2c(C)nc(SC)nc2C)c1. The summed E-state index contributed by atoms with van der Waals surface area (Å²) in [6, 6.07) is 8.20. The van der Waals surface area contributed by atoms with Gasteiger partial charge < -0.3 is 9.64 Å². The molecule has 2 aromatic rings. The highest BCUT2D eigenvalue weighted by Gasteiger charge is 2.30. The molecule has 27 heavy (non-hydrogen) atoms. The van der Waals surface area contributed by atoms with E-state index in [-0.39, 0.29) is 11.9 Å². The highest BCUT2D eigenvalue weighted by molar-refractivity contribution is 7.98. The van der Waals surface area contributed by atoms with Crippen LogP contribution in [-0.4, -0.2) is 40.7 Å². The number of ether oxygens (including phenoxy) is 1. The Balaban J connectivity index is 1.70. The number of rotatable bonds is 6. The van der Waals surface area contributed by atoms with Crippen LogP contribution in [0.5, 0.6) is 5.75 Å². The minimum Gasteiger partial charge on any atom is -0.497 e. The van der Waals surface area contributed by atoms with Gasteiger partial charge >= 0.3 is 0 Å². The van der Waals surface area contributed by atoms with Crippen molar-refractivity contribution in [2.75, 3.05) is 19.9 Å². The summed E-state index contributed by atoms with van der Waals surface area (Å²) in [5.74, 6) is 1.04. The lowest BCUT2D eigenvalue weighted by atomic mass is 10.0. The second-order valence-corrected chi connectivity index (χ2v) is 7.65. The van der Waals surface area contributed by atoms with E-state index in [0.29, 0.717) is 12.8 Å². The highest BCUT2D eigenvalue weighted by atomic mass is 32.2. The van der Waals surface area contributed by atoms with Gasteiger partial charge in [-0.2, -0.15) is 0 Å². The van der Waals surface area contributed by atoms with E-state index in [4.69, 9.17) is 4.74 Å². The zero-order valence-corrected chi connectivity index (χ0v) is 17.3. The molecule has 5 nitrogen and oxygen atoms in total. The normalized spacial score (nSPS) is 16.6. The molecule has 1 amide bonds. The average Bonchev–Trinajstić information content (AvgIpc) is 3.17. The van der Waals surface area contributed by atoms with E-state index in [2.05, 4.69) is 16.0 Å². The van der Waals surface area contributed by atoms with E-state index in [1.165, 1.54) is 0 Å². The number of carbonyl (C=O) groups excluding carboxylic acids is 1. The van der Waals surface area contributed by atoms with Crippen LogP contribution in [0.3, 0.4) is 0 Å². The van der Waals surface area contributed by atoms with Crippen molar-refractivity contribution < 1.29 is 9.53 Å². The molecule has 6 heteroatoms. The molecule has 1 aromatic heterocycles. The van der Waals surface area contributed by atoms with Gasteiger partial charge in [0.1, 0.15) is 5.75 Å². The number of hydrogen-bond acceptors (Lipinski definition) is 5. The quantitative estimate of drug-likeness (QED) is 0.553. The van der Waals surface area contributed by atoms with Crippen LogP contribution in [0, 0.1) is 13.8 Å². The van der Waals surface area contributed by atoms with Crippen LogP contribution in [0.1, 0.15) is 47.8 Å². The molecule has 1 aliphatic rings. The van der Waals surface area contributed by atoms with E-state index in [1.807, 2.05) is 43.2 Å². The number of nitrogens with zero attached hydrogens (tertiary/aromatic N) is 3. The molecule has 0 saturated carbocycles. The number of benzene rings is 1. The first kappa shape index (κ1) is 19.7. The van der Waals surface area contributed by atoms with Crippen LogP contribution >= 0.6 is 11.8 Å². The average molecular weight is 386 g/mol. The topological polar surface area (TPSA) is 55.3 Å². The van der Waals surface area contributed by atoms with Gasteiger partial charge in [-0.1, -0.05) is 23.9 Å². The molecule has 3 rings (SSSR count). The third-order valence-corrected chi connectivity index (χ3v) is 5.77. The maximum atomic E-state index is 13.0. The summed E-state index contributed by atoms with van der Waals surface area (Å²) < 4.78 is 5.34. The zero-order chi connectivity index (χ0) is 19.4. The van der Waals surface area contributed by atoms with E-state index in [1.54, 1.807) is 18.9 Å². The van der Waals surface area contributed by atoms with Crippen LogP contribution in [0.15, 0.2) is 29.4 Å². The van der Waals surface area contributed by atoms with Gasteiger partial charge in [-0.15, -0.1) is 0 Å². The summed E-state index contributed by atoms with van der Waals surface area (Å²) in [5, 5.41) is 0.790. The first-order chi connectivity index (χ1) is 13.0. The largest absolute Gasteiger partial charge is 0.497 e. The molecular weight excluding hydrogens is 358 g/mol. The summed E-state index contributed by atoms with van der Waals surface area (Å²) in [4.78, 5) is 24.0. The standard InChI is InChI=1S/C21H27N3O2S/c1-14-18(15(2)23-21(22-14)27-4)10-11-20(25)24-12-6-9-19(24)16-7-5-8-17(13-16)26-3/h5,7-8,13,19H,6,9-12H2,1-4H3. The molecule has 0 N–H and O–H groups in total. The number of likely N-dealkylation sites (tertiary alicyclic amines) is 1. The Bertz CT molecular complexity index is 802. The van der Waals surface area contributed by atoms with Gasteiger partial charge in [-0.05, 0) is 62.6 Å². The van der Waals surface area contributed by atoms with Crippen molar-refractivity contribution in [3.8, 4) is 5.75 Å². The first-order valence-electron chi connectivity index (χ1n) is 9.35. The van der Waals surface area contributed by atoms with Crippen molar-refractivity contribution in [2.24, 2.45) is 0 Å². The Morgan fingerprint density at radius 3 is 2.70 bits per heavy atom. The summed E-state index contributed by atoms with van der Waals surface area (Å²) in [6.45, 7) is 4.83. The Kier molecular flexibility index (Phi) is 6.37. The van der Waals surface area contributed by atoms with Gasteiger partial charge in [0, 0.05) is 24.4 Å². The number of aromatic nitrogens is 2. The molecule has 1 fully saturated rings. The minimum absolute atomic E-state index is 0.143. The molecule has 1 atom stereocenters. The first-order valence-corrected chi connectivity index (χ1v) is 10.6. The number of thioether (sulfide) groups is 1. The summed E-state index contributed by atoms with van der Waals surface area (Å²) >= 11 is 1.54. The van der Waals surface area contributed by atoms with Crippen molar-refractivity contribution in [1.82, 2.24) is 14.9 Å². The molecule has 1 saturated heterocycles. The van der Waals surface area contributed by atoms with Gasteiger partial charge in [0.15, 0.2) is 5.16 Å². The van der Waals surface area contributed by atoms with Crippen LogP contribution < -0.4 is 4.74 Å². The van der Waals surface area contributed by atoms with E-state index >= 15 is 0 Å². The lowest BCUT2D eigenvalue weighted by Gasteiger charge is -2.25. The van der Waals surface area contributed by atoms with Crippen molar-refractivity contribution in [3.63, 3.8) is 0 Å². The van der Waals surface area contributed by atoms with Crippen molar-refractivity contribution in [2.45, 2.75) is 50.7 Å². The third-order valence-electron chi connectivity index (χ3n) is 5.22. The molecule has 1 aromatic carbocycles. The van der Waals surface area contributed by atoms with E-state index in [0.717, 1.165) is 52.8 Å². The van der Waals surface area contributed by atoms with Gasteiger partial charge in [0.05, 0.1) is 13.2 Å². The molecule has 2 heterocycles. The molecular formula is C21H27N3O2S. The fourth-order valence-corrected chi connectivity index (χ4v) is 4.25.